The predicted molar refractivity (Wildman–Crippen MR) is 81.4 cm³/mol. The summed E-state index contributed by atoms with van der Waals surface area (Å²) in [5.41, 5.74) is 0.441. The molecule has 0 N–H and O–H groups in total. The van der Waals surface area contributed by atoms with Crippen LogP contribution in [-0.4, -0.2) is 51.3 Å². The number of carbonyl (C=O) groups excluding carboxylic acids is 1. The van der Waals surface area contributed by atoms with Gasteiger partial charge in [-0.1, -0.05) is 29.3 Å². The summed E-state index contributed by atoms with van der Waals surface area (Å²) in [5.74, 6) is -1.20. The van der Waals surface area contributed by atoms with Crippen molar-refractivity contribution in [1.82, 2.24) is 4.90 Å². The standard InChI is InChI=1S/C13H15Cl2NO4S/c14-11-2-1-10(12(15)7-11)8-21(18,19)9-13(17)16-3-5-20-6-4-16/h1-2,7H,3-6,8-9H2. The minimum absolute atomic E-state index is 0.279. The maximum absolute atomic E-state index is 12.1. The molecule has 2 rings (SSSR count). The quantitative estimate of drug-likeness (QED) is 0.829. The van der Waals surface area contributed by atoms with E-state index in [4.69, 9.17) is 27.9 Å². The Balaban J connectivity index is 2.02. The van der Waals surface area contributed by atoms with Crippen LogP contribution in [0.2, 0.25) is 10.0 Å². The summed E-state index contributed by atoms with van der Waals surface area (Å²) in [5, 5.41) is 0.718. The van der Waals surface area contributed by atoms with Gasteiger partial charge in [0.15, 0.2) is 9.84 Å². The summed E-state index contributed by atoms with van der Waals surface area (Å²) in [6.07, 6.45) is 0. The number of ether oxygens (including phenoxy) is 1. The third-order valence-electron chi connectivity index (χ3n) is 3.10. The van der Waals surface area contributed by atoms with Crippen LogP contribution < -0.4 is 0 Å². The fourth-order valence-corrected chi connectivity index (χ4v) is 3.96. The Kier molecular flexibility index (Phi) is 5.48. The molecule has 0 saturated carbocycles. The SMILES string of the molecule is O=C(CS(=O)(=O)Cc1ccc(Cl)cc1Cl)N1CCOCC1. The van der Waals surface area contributed by atoms with Gasteiger partial charge in [-0.15, -0.1) is 0 Å². The number of hydrogen-bond acceptors (Lipinski definition) is 4. The third kappa shape index (κ3) is 4.85. The summed E-state index contributed by atoms with van der Waals surface area (Å²) in [6, 6.07) is 4.61. The Morgan fingerprint density at radius 1 is 1.24 bits per heavy atom. The van der Waals surface area contributed by atoms with Crippen molar-refractivity contribution in [3.05, 3.63) is 33.8 Å². The van der Waals surface area contributed by atoms with Gasteiger partial charge in [-0.05, 0) is 17.7 Å². The second kappa shape index (κ2) is 6.96. The zero-order chi connectivity index (χ0) is 15.5. The average Bonchev–Trinajstić information content (AvgIpc) is 2.42. The minimum Gasteiger partial charge on any atom is -0.378 e. The highest BCUT2D eigenvalue weighted by molar-refractivity contribution is 7.91. The van der Waals surface area contributed by atoms with E-state index < -0.39 is 21.5 Å². The molecule has 0 bridgehead atoms. The fraction of sp³-hybridized carbons (Fsp3) is 0.462. The first kappa shape index (κ1) is 16.5. The van der Waals surface area contributed by atoms with Gasteiger partial charge in [-0.3, -0.25) is 4.79 Å². The first-order valence-corrected chi connectivity index (χ1v) is 8.95. The molecule has 1 aromatic rings. The average molecular weight is 352 g/mol. The molecule has 0 spiro atoms. The molecule has 8 heteroatoms. The normalized spacial score (nSPS) is 16.0. The van der Waals surface area contributed by atoms with E-state index in [9.17, 15) is 13.2 Å². The van der Waals surface area contributed by atoms with Crippen LogP contribution in [0.25, 0.3) is 0 Å². The van der Waals surface area contributed by atoms with Gasteiger partial charge in [0.05, 0.1) is 19.0 Å². The van der Waals surface area contributed by atoms with E-state index in [1.807, 2.05) is 0 Å². The number of morpholine rings is 1. The van der Waals surface area contributed by atoms with Crippen LogP contribution >= 0.6 is 23.2 Å². The number of halogens is 2. The Labute approximate surface area is 133 Å². The lowest BCUT2D eigenvalue weighted by molar-refractivity contribution is -0.132. The molecule has 1 aliphatic rings. The van der Waals surface area contributed by atoms with Crippen LogP contribution in [0.5, 0.6) is 0 Å². The summed E-state index contributed by atoms with van der Waals surface area (Å²) < 4.78 is 29.4. The Hall–Kier alpha value is -0.820. The summed E-state index contributed by atoms with van der Waals surface area (Å²) in [7, 11) is -3.58. The summed E-state index contributed by atoms with van der Waals surface area (Å²) >= 11 is 11.7. The topological polar surface area (TPSA) is 63.7 Å². The van der Waals surface area contributed by atoms with E-state index in [0.29, 0.717) is 36.9 Å². The third-order valence-corrected chi connectivity index (χ3v) is 5.12. The van der Waals surface area contributed by atoms with Crippen molar-refractivity contribution in [2.75, 3.05) is 32.1 Å². The maximum Gasteiger partial charge on any atom is 0.237 e. The van der Waals surface area contributed by atoms with Gasteiger partial charge in [-0.2, -0.15) is 0 Å². The maximum atomic E-state index is 12.1. The molecular formula is C13H15Cl2NO4S. The van der Waals surface area contributed by atoms with Gasteiger partial charge in [-0.25, -0.2) is 8.42 Å². The highest BCUT2D eigenvalue weighted by Crippen LogP contribution is 2.23. The molecule has 0 unspecified atom stereocenters. The highest BCUT2D eigenvalue weighted by Gasteiger charge is 2.24. The lowest BCUT2D eigenvalue weighted by atomic mass is 10.2. The molecule has 0 aliphatic carbocycles. The van der Waals surface area contributed by atoms with Crippen molar-refractivity contribution < 1.29 is 17.9 Å². The summed E-state index contributed by atoms with van der Waals surface area (Å²) in [6.45, 7) is 1.73. The van der Waals surface area contributed by atoms with E-state index in [0.717, 1.165) is 0 Å². The second-order valence-electron chi connectivity index (χ2n) is 4.76. The molecule has 1 saturated heterocycles. The van der Waals surface area contributed by atoms with Crippen LogP contribution in [0.1, 0.15) is 5.56 Å². The van der Waals surface area contributed by atoms with Crippen molar-refractivity contribution >= 4 is 38.9 Å². The van der Waals surface area contributed by atoms with Gasteiger partial charge in [0.25, 0.3) is 0 Å². The Bertz CT molecular complexity index is 627. The predicted octanol–water partition coefficient (Wildman–Crippen LogP) is 1.77. The van der Waals surface area contributed by atoms with Gasteiger partial charge in [0.2, 0.25) is 5.91 Å². The van der Waals surface area contributed by atoms with E-state index in [-0.39, 0.29) is 10.8 Å². The molecule has 0 atom stereocenters. The number of hydrogen-bond donors (Lipinski definition) is 0. The van der Waals surface area contributed by atoms with Gasteiger partial charge in [0, 0.05) is 23.1 Å². The van der Waals surface area contributed by atoms with Crippen LogP contribution in [0.4, 0.5) is 0 Å². The number of benzene rings is 1. The lowest BCUT2D eigenvalue weighted by Gasteiger charge is -2.26. The molecular weight excluding hydrogens is 337 g/mol. The largest absolute Gasteiger partial charge is 0.378 e. The smallest absolute Gasteiger partial charge is 0.237 e. The van der Waals surface area contributed by atoms with Crippen LogP contribution in [0.3, 0.4) is 0 Å². The van der Waals surface area contributed by atoms with Gasteiger partial charge in [0.1, 0.15) is 5.75 Å². The number of nitrogens with zero attached hydrogens (tertiary/aromatic N) is 1. The molecule has 1 aromatic carbocycles. The van der Waals surface area contributed by atoms with E-state index in [1.54, 1.807) is 12.1 Å². The monoisotopic (exact) mass is 351 g/mol. The first-order chi connectivity index (χ1) is 9.87. The van der Waals surface area contributed by atoms with Crippen molar-refractivity contribution in [1.29, 1.82) is 0 Å². The Morgan fingerprint density at radius 3 is 2.52 bits per heavy atom. The fourth-order valence-electron chi connectivity index (χ4n) is 2.02. The van der Waals surface area contributed by atoms with Gasteiger partial charge >= 0.3 is 0 Å². The molecule has 1 heterocycles. The first-order valence-electron chi connectivity index (χ1n) is 6.37. The molecule has 116 valence electrons. The molecule has 0 aromatic heterocycles. The number of amides is 1. The van der Waals surface area contributed by atoms with Gasteiger partial charge < -0.3 is 9.64 Å². The lowest BCUT2D eigenvalue weighted by Crippen LogP contribution is -2.43. The van der Waals surface area contributed by atoms with E-state index in [2.05, 4.69) is 0 Å². The van der Waals surface area contributed by atoms with Crippen LogP contribution in [0, 0.1) is 0 Å². The molecule has 1 amide bonds. The second-order valence-corrected chi connectivity index (χ2v) is 7.67. The minimum atomic E-state index is -3.58. The zero-order valence-electron chi connectivity index (χ0n) is 11.2. The molecule has 1 aliphatic heterocycles. The van der Waals surface area contributed by atoms with Crippen LogP contribution in [0.15, 0.2) is 18.2 Å². The highest BCUT2D eigenvalue weighted by atomic mass is 35.5. The Morgan fingerprint density at radius 2 is 1.90 bits per heavy atom. The van der Waals surface area contributed by atoms with Crippen molar-refractivity contribution in [3.63, 3.8) is 0 Å². The van der Waals surface area contributed by atoms with Crippen molar-refractivity contribution in [2.45, 2.75) is 5.75 Å². The number of carbonyl (C=O) groups is 1. The number of sulfone groups is 1. The van der Waals surface area contributed by atoms with E-state index >= 15 is 0 Å². The number of rotatable bonds is 4. The molecule has 0 radical (unpaired) electrons. The molecule has 21 heavy (non-hydrogen) atoms. The van der Waals surface area contributed by atoms with Crippen LogP contribution in [-0.2, 0) is 25.1 Å². The summed E-state index contributed by atoms with van der Waals surface area (Å²) in [4.78, 5) is 13.5. The van der Waals surface area contributed by atoms with E-state index in [1.165, 1.54) is 11.0 Å². The molecule has 1 fully saturated rings. The zero-order valence-corrected chi connectivity index (χ0v) is 13.5. The van der Waals surface area contributed by atoms with Crippen molar-refractivity contribution in [3.8, 4) is 0 Å². The van der Waals surface area contributed by atoms with Crippen molar-refractivity contribution in [2.24, 2.45) is 0 Å². The molecule has 5 nitrogen and oxygen atoms in total.